The van der Waals surface area contributed by atoms with Gasteiger partial charge in [0.15, 0.2) is 5.65 Å². The Bertz CT molecular complexity index is 1590. The van der Waals surface area contributed by atoms with E-state index in [1.807, 2.05) is 24.3 Å². The number of carbonyl (C=O) groups excluding carboxylic acids is 1. The van der Waals surface area contributed by atoms with Crippen molar-refractivity contribution in [3.8, 4) is 28.8 Å². The number of ether oxygens (including phenoxy) is 2. The van der Waals surface area contributed by atoms with E-state index in [4.69, 9.17) is 15.2 Å². The molecule has 5 rings (SSSR count). The number of para-hydroxylation sites is 1. The van der Waals surface area contributed by atoms with Gasteiger partial charge in [-0.25, -0.2) is 23.8 Å². The maximum atomic E-state index is 15.3. The van der Waals surface area contributed by atoms with Crippen LogP contribution in [0, 0.1) is 23.1 Å². The third kappa shape index (κ3) is 5.32. The van der Waals surface area contributed by atoms with Gasteiger partial charge in [-0.1, -0.05) is 24.3 Å². The first-order valence-electron chi connectivity index (χ1n) is 12.1. The number of nitriles is 1. The van der Waals surface area contributed by atoms with E-state index in [2.05, 4.69) is 15.1 Å². The molecule has 1 aliphatic rings. The predicted molar refractivity (Wildman–Crippen MR) is 138 cm³/mol. The van der Waals surface area contributed by atoms with Crippen LogP contribution in [0.1, 0.15) is 26.7 Å². The van der Waals surface area contributed by atoms with Crippen molar-refractivity contribution in [3.05, 3.63) is 72.3 Å². The van der Waals surface area contributed by atoms with Crippen LogP contribution in [0.5, 0.6) is 11.5 Å². The quantitative estimate of drug-likeness (QED) is 0.194. The zero-order valence-electron chi connectivity index (χ0n) is 20.9. The summed E-state index contributed by atoms with van der Waals surface area (Å²) in [5.41, 5.74) is 5.86. The van der Waals surface area contributed by atoms with Crippen molar-refractivity contribution in [2.45, 2.75) is 38.8 Å². The summed E-state index contributed by atoms with van der Waals surface area (Å²) in [5.74, 6) is 0.0191. The molecule has 4 aromatic rings. The van der Waals surface area contributed by atoms with Crippen molar-refractivity contribution in [1.29, 1.82) is 5.26 Å². The highest BCUT2D eigenvalue weighted by Gasteiger charge is 2.30. The Morgan fingerprint density at radius 3 is 2.66 bits per heavy atom. The van der Waals surface area contributed by atoms with Crippen molar-refractivity contribution < 1.29 is 18.7 Å². The lowest BCUT2D eigenvalue weighted by molar-refractivity contribution is -0.152. The van der Waals surface area contributed by atoms with Crippen LogP contribution >= 0.6 is 0 Å². The van der Waals surface area contributed by atoms with Gasteiger partial charge in [0.25, 0.3) is 0 Å². The number of nitrogen functional groups attached to an aromatic ring is 1. The lowest BCUT2D eigenvalue weighted by Crippen LogP contribution is -2.34. The van der Waals surface area contributed by atoms with Gasteiger partial charge in [0.05, 0.1) is 11.9 Å². The first kappa shape index (κ1) is 24.9. The molecular weight excluding hydrogens is 487 g/mol. The van der Waals surface area contributed by atoms with Gasteiger partial charge >= 0.3 is 5.97 Å². The second kappa shape index (κ2) is 9.94. The summed E-state index contributed by atoms with van der Waals surface area (Å²) in [6.45, 7) is 3.47. The summed E-state index contributed by atoms with van der Waals surface area (Å²) in [5, 5.41) is 14.3. The summed E-state index contributed by atoms with van der Waals surface area (Å²) in [7, 11) is 0. The molecule has 0 atom stereocenters. The Hall–Kier alpha value is -4.78. The molecule has 0 unspecified atom stereocenters. The molecule has 0 radical (unpaired) electrons. The van der Waals surface area contributed by atoms with Crippen LogP contribution in [-0.2, 0) is 16.1 Å². The number of aromatic nitrogens is 4. The van der Waals surface area contributed by atoms with Crippen molar-refractivity contribution in [2.75, 3.05) is 5.73 Å². The number of nitrogens with zero attached hydrogens (tertiary/aromatic N) is 5. The van der Waals surface area contributed by atoms with Crippen LogP contribution in [-0.4, -0.2) is 31.3 Å². The molecule has 192 valence electrons. The monoisotopic (exact) mass is 512 g/mol. The molecule has 0 aliphatic heterocycles. The van der Waals surface area contributed by atoms with Gasteiger partial charge in [0.2, 0.25) is 0 Å². The molecule has 2 heterocycles. The van der Waals surface area contributed by atoms with Gasteiger partial charge in [-0.3, -0.25) is 0 Å². The topological polar surface area (TPSA) is 129 Å². The summed E-state index contributed by atoms with van der Waals surface area (Å²) in [6, 6.07) is 15.4. The van der Waals surface area contributed by atoms with Gasteiger partial charge in [-0.05, 0) is 56.9 Å². The maximum Gasteiger partial charge on any atom is 0.349 e. The molecule has 2 aromatic heterocycles. The zero-order valence-corrected chi connectivity index (χ0v) is 20.9. The lowest BCUT2D eigenvalue weighted by Gasteiger charge is -2.25. The number of halogens is 1. The number of esters is 1. The van der Waals surface area contributed by atoms with E-state index in [9.17, 15) is 10.1 Å². The molecule has 2 aromatic carbocycles. The number of benzene rings is 2. The number of anilines is 1. The minimum atomic E-state index is -1.07. The number of fused-ring (bicyclic) bond motifs is 1. The summed E-state index contributed by atoms with van der Waals surface area (Å²) < 4.78 is 28.2. The normalized spacial score (nSPS) is 13.8. The van der Waals surface area contributed by atoms with Gasteiger partial charge in [0.1, 0.15) is 52.4 Å². The minimum Gasteiger partial charge on any atom is -0.457 e. The standard InChI is InChI=1S/C28H25FN6O3/c1-28(2,38-27(36)18(14-30)12-17-8-9-17)15-35-26-23(25(31)32-16-33-26)24(34-35)21-11-10-20(13-22(21)29)37-19-6-4-3-5-7-19/h3-7,10-13,16-17H,8-9,15H2,1-2H3,(H2,31,32,33)/b18-12+. The number of hydrogen-bond acceptors (Lipinski definition) is 8. The van der Waals surface area contributed by atoms with Crippen molar-refractivity contribution >= 4 is 22.8 Å². The highest BCUT2D eigenvalue weighted by atomic mass is 19.1. The molecule has 1 saturated carbocycles. The number of nitrogens with two attached hydrogens (primary N) is 1. The van der Waals surface area contributed by atoms with E-state index >= 15 is 4.39 Å². The summed E-state index contributed by atoms with van der Waals surface area (Å²) >= 11 is 0. The molecule has 10 heteroatoms. The van der Waals surface area contributed by atoms with E-state index in [1.54, 1.807) is 44.2 Å². The third-order valence-electron chi connectivity index (χ3n) is 6.00. The van der Waals surface area contributed by atoms with Gasteiger partial charge in [-0.2, -0.15) is 10.4 Å². The Kier molecular flexibility index (Phi) is 6.51. The van der Waals surface area contributed by atoms with Gasteiger partial charge in [0, 0.05) is 11.6 Å². The van der Waals surface area contributed by atoms with Crippen LogP contribution in [0.25, 0.3) is 22.3 Å². The largest absolute Gasteiger partial charge is 0.457 e. The number of rotatable bonds is 8. The van der Waals surface area contributed by atoms with E-state index < -0.39 is 17.4 Å². The van der Waals surface area contributed by atoms with Crippen LogP contribution < -0.4 is 10.5 Å². The minimum absolute atomic E-state index is 0.0157. The van der Waals surface area contributed by atoms with Crippen LogP contribution in [0.2, 0.25) is 0 Å². The number of hydrogen-bond donors (Lipinski definition) is 1. The van der Waals surface area contributed by atoms with Crippen LogP contribution in [0.15, 0.2) is 66.5 Å². The zero-order chi connectivity index (χ0) is 26.9. The number of allylic oxidation sites excluding steroid dienone is 1. The third-order valence-corrected chi connectivity index (χ3v) is 6.00. The summed E-state index contributed by atoms with van der Waals surface area (Å²) in [6.07, 6.45) is 4.86. The van der Waals surface area contributed by atoms with Gasteiger partial charge < -0.3 is 15.2 Å². The average Bonchev–Trinajstić information content (AvgIpc) is 3.63. The second-order valence-corrected chi connectivity index (χ2v) is 9.70. The van der Waals surface area contributed by atoms with Gasteiger partial charge in [-0.15, -0.1) is 0 Å². The molecule has 1 aliphatic carbocycles. The maximum absolute atomic E-state index is 15.3. The van der Waals surface area contributed by atoms with Crippen LogP contribution in [0.3, 0.4) is 0 Å². The predicted octanol–water partition coefficient (Wildman–Crippen LogP) is 5.19. The number of carbonyl (C=O) groups is 1. The van der Waals surface area contributed by atoms with E-state index in [-0.39, 0.29) is 35.1 Å². The van der Waals surface area contributed by atoms with E-state index in [0.29, 0.717) is 22.5 Å². The molecule has 0 amide bonds. The molecule has 0 spiro atoms. The van der Waals surface area contributed by atoms with Crippen LogP contribution in [0.4, 0.5) is 10.2 Å². The second-order valence-electron chi connectivity index (χ2n) is 9.70. The Labute approximate surface area is 218 Å². The molecular formula is C28H25FN6O3. The SMILES string of the molecule is CC(C)(Cn1nc(-c2ccc(Oc3ccccc3)cc2F)c2c(N)ncnc21)OC(=O)/C(C#N)=C/C1CC1. The van der Waals surface area contributed by atoms with Crippen molar-refractivity contribution in [2.24, 2.45) is 5.92 Å². The lowest BCUT2D eigenvalue weighted by atomic mass is 10.1. The molecule has 38 heavy (non-hydrogen) atoms. The first-order valence-corrected chi connectivity index (χ1v) is 12.1. The van der Waals surface area contributed by atoms with E-state index in [0.717, 1.165) is 12.8 Å². The Morgan fingerprint density at radius 2 is 1.97 bits per heavy atom. The molecule has 0 saturated heterocycles. The molecule has 9 nitrogen and oxygen atoms in total. The fourth-order valence-electron chi connectivity index (χ4n) is 4.05. The molecule has 2 N–H and O–H groups in total. The smallest absolute Gasteiger partial charge is 0.349 e. The fraction of sp³-hybridized carbons (Fsp3) is 0.250. The van der Waals surface area contributed by atoms with Crippen molar-refractivity contribution in [1.82, 2.24) is 19.7 Å². The average molecular weight is 513 g/mol. The fourth-order valence-corrected chi connectivity index (χ4v) is 4.05. The Morgan fingerprint density at radius 1 is 1.21 bits per heavy atom. The Balaban J connectivity index is 1.45. The van der Waals surface area contributed by atoms with E-state index in [1.165, 1.54) is 17.1 Å². The molecule has 0 bridgehead atoms. The first-order chi connectivity index (χ1) is 18.2. The van der Waals surface area contributed by atoms with Crippen molar-refractivity contribution in [3.63, 3.8) is 0 Å². The highest BCUT2D eigenvalue weighted by Crippen LogP contribution is 2.35. The summed E-state index contributed by atoms with van der Waals surface area (Å²) in [4.78, 5) is 21.0. The molecule has 1 fully saturated rings. The highest BCUT2D eigenvalue weighted by molar-refractivity contribution is 5.98.